The second-order valence-electron chi connectivity index (χ2n) is 6.23. The number of benzene rings is 2. The molecule has 0 bridgehead atoms. The van der Waals surface area contributed by atoms with Crippen LogP contribution in [0.15, 0.2) is 77.3 Å². The van der Waals surface area contributed by atoms with E-state index in [1.807, 2.05) is 37.3 Å². The van der Waals surface area contributed by atoms with Gasteiger partial charge in [0, 0.05) is 6.20 Å². The van der Waals surface area contributed by atoms with Crippen molar-refractivity contribution in [3.05, 3.63) is 83.6 Å². The van der Waals surface area contributed by atoms with E-state index in [-0.39, 0.29) is 11.4 Å². The van der Waals surface area contributed by atoms with E-state index in [1.165, 1.54) is 12.1 Å². The van der Waals surface area contributed by atoms with Gasteiger partial charge in [0.25, 0.3) is 10.0 Å². The second kappa shape index (κ2) is 10.4. The Morgan fingerprint density at radius 1 is 0.933 bits per heavy atom. The van der Waals surface area contributed by atoms with Gasteiger partial charge in [-0.25, -0.2) is 18.0 Å². The molecule has 2 aromatic rings. The molecule has 0 aliphatic heterocycles. The Hall–Kier alpha value is -3.39. The first-order valence-electron chi connectivity index (χ1n) is 8.98. The molecule has 7 nitrogen and oxygen atoms in total. The highest BCUT2D eigenvalue weighted by Crippen LogP contribution is 2.19. The largest absolute Gasteiger partial charge is 0.465 e. The van der Waals surface area contributed by atoms with Crippen LogP contribution in [0.25, 0.3) is 6.08 Å². The highest BCUT2D eigenvalue weighted by Gasteiger charge is 2.27. The SMILES string of the molecule is COC(=O)C(=CN(C/C=C\c1ccccc1)S(=O)(=O)c1ccc(C)cc1)C(=O)OC. The second-order valence-corrected chi connectivity index (χ2v) is 8.12. The highest BCUT2D eigenvalue weighted by atomic mass is 32.2. The molecule has 0 saturated heterocycles. The summed E-state index contributed by atoms with van der Waals surface area (Å²) in [5.74, 6) is -2.00. The quantitative estimate of drug-likeness (QED) is 0.277. The average Bonchev–Trinajstić information content (AvgIpc) is 2.76. The molecule has 0 aliphatic carbocycles. The highest BCUT2D eigenvalue weighted by molar-refractivity contribution is 7.89. The number of aryl methyl sites for hydroxylation is 1. The van der Waals surface area contributed by atoms with Gasteiger partial charge in [-0.1, -0.05) is 60.2 Å². The van der Waals surface area contributed by atoms with Gasteiger partial charge in [0.2, 0.25) is 0 Å². The summed E-state index contributed by atoms with van der Waals surface area (Å²) in [5, 5.41) is 0. The molecule has 0 spiro atoms. The fourth-order valence-electron chi connectivity index (χ4n) is 2.48. The van der Waals surface area contributed by atoms with E-state index < -0.39 is 27.5 Å². The lowest BCUT2D eigenvalue weighted by Gasteiger charge is -2.20. The minimum atomic E-state index is -4.06. The first-order chi connectivity index (χ1) is 14.3. The number of nitrogens with zero attached hydrogens (tertiary/aromatic N) is 1. The summed E-state index contributed by atoms with van der Waals surface area (Å²) in [5.41, 5.74) is 1.23. The van der Waals surface area contributed by atoms with Crippen LogP contribution in [0.5, 0.6) is 0 Å². The number of ether oxygens (including phenoxy) is 2. The van der Waals surface area contributed by atoms with Gasteiger partial charge in [0.15, 0.2) is 5.57 Å². The van der Waals surface area contributed by atoms with Gasteiger partial charge in [-0.2, -0.15) is 0 Å². The van der Waals surface area contributed by atoms with Crippen molar-refractivity contribution in [3.63, 3.8) is 0 Å². The van der Waals surface area contributed by atoms with Gasteiger partial charge in [-0.15, -0.1) is 0 Å². The lowest BCUT2D eigenvalue weighted by atomic mass is 10.2. The van der Waals surface area contributed by atoms with E-state index in [9.17, 15) is 18.0 Å². The summed E-state index contributed by atoms with van der Waals surface area (Å²) < 4.78 is 36.5. The number of carbonyl (C=O) groups is 2. The topological polar surface area (TPSA) is 90.0 Å². The van der Waals surface area contributed by atoms with Crippen molar-refractivity contribution in [2.45, 2.75) is 11.8 Å². The van der Waals surface area contributed by atoms with Gasteiger partial charge in [-0.3, -0.25) is 4.31 Å². The van der Waals surface area contributed by atoms with Gasteiger partial charge in [0.05, 0.1) is 25.7 Å². The molecular weight excluding hydrogens is 406 g/mol. The summed E-state index contributed by atoms with van der Waals surface area (Å²) in [6.07, 6.45) is 4.29. The van der Waals surface area contributed by atoms with Crippen LogP contribution in [-0.2, 0) is 29.1 Å². The molecule has 0 unspecified atom stereocenters. The third kappa shape index (κ3) is 5.81. The summed E-state index contributed by atoms with van der Waals surface area (Å²) in [4.78, 5) is 24.1. The van der Waals surface area contributed by atoms with Crippen molar-refractivity contribution < 1.29 is 27.5 Å². The van der Waals surface area contributed by atoms with Crippen LogP contribution in [0.1, 0.15) is 11.1 Å². The first kappa shape index (κ1) is 22.9. The van der Waals surface area contributed by atoms with Crippen LogP contribution in [0.3, 0.4) is 0 Å². The fraction of sp³-hybridized carbons (Fsp3) is 0.182. The van der Waals surface area contributed by atoms with Crippen molar-refractivity contribution in [1.82, 2.24) is 4.31 Å². The van der Waals surface area contributed by atoms with Gasteiger partial charge in [-0.05, 0) is 24.6 Å². The number of methoxy groups -OCH3 is 2. The molecule has 2 aromatic carbocycles. The molecule has 0 heterocycles. The van der Waals surface area contributed by atoms with Crippen molar-refractivity contribution in [2.24, 2.45) is 0 Å². The molecular formula is C22H23NO6S. The maximum absolute atomic E-state index is 13.2. The molecule has 8 heteroatoms. The van der Waals surface area contributed by atoms with Crippen LogP contribution >= 0.6 is 0 Å². The molecule has 0 aromatic heterocycles. The van der Waals surface area contributed by atoms with E-state index in [0.29, 0.717) is 0 Å². The Kier molecular flexibility index (Phi) is 7.94. The predicted octanol–water partition coefficient (Wildman–Crippen LogP) is 2.93. The molecule has 0 aliphatic rings. The molecule has 0 amide bonds. The monoisotopic (exact) mass is 429 g/mol. The third-order valence-electron chi connectivity index (χ3n) is 4.11. The zero-order valence-corrected chi connectivity index (χ0v) is 17.8. The zero-order valence-electron chi connectivity index (χ0n) is 16.9. The number of esters is 2. The minimum Gasteiger partial charge on any atom is -0.465 e. The van der Waals surface area contributed by atoms with Crippen molar-refractivity contribution in [3.8, 4) is 0 Å². The summed E-state index contributed by atoms with van der Waals surface area (Å²) in [6, 6.07) is 15.5. The first-order valence-corrected chi connectivity index (χ1v) is 10.4. The Balaban J connectivity index is 2.49. The Bertz CT molecular complexity index is 1020. The molecule has 0 atom stereocenters. The maximum atomic E-state index is 13.2. The molecule has 0 N–H and O–H groups in total. The Morgan fingerprint density at radius 3 is 2.03 bits per heavy atom. The molecule has 0 radical (unpaired) electrons. The van der Waals surface area contributed by atoms with Crippen molar-refractivity contribution in [2.75, 3.05) is 20.8 Å². The van der Waals surface area contributed by atoms with Gasteiger partial charge < -0.3 is 9.47 Å². The normalized spacial score (nSPS) is 11.0. The van der Waals surface area contributed by atoms with E-state index in [0.717, 1.165) is 35.9 Å². The molecule has 30 heavy (non-hydrogen) atoms. The summed E-state index contributed by atoms with van der Waals surface area (Å²) >= 11 is 0. The number of hydrogen-bond acceptors (Lipinski definition) is 6. The number of sulfonamides is 1. The number of rotatable bonds is 8. The Morgan fingerprint density at radius 2 is 1.50 bits per heavy atom. The predicted molar refractivity (Wildman–Crippen MR) is 113 cm³/mol. The summed E-state index contributed by atoms with van der Waals surface area (Å²) in [6.45, 7) is 1.71. The van der Waals surface area contributed by atoms with E-state index in [1.54, 1.807) is 24.3 Å². The third-order valence-corrected chi connectivity index (χ3v) is 5.85. The lowest BCUT2D eigenvalue weighted by Crippen LogP contribution is -2.29. The molecule has 158 valence electrons. The van der Waals surface area contributed by atoms with Crippen LogP contribution in [0.2, 0.25) is 0 Å². The number of hydrogen-bond donors (Lipinski definition) is 0. The van der Waals surface area contributed by atoms with Crippen LogP contribution < -0.4 is 0 Å². The molecule has 0 saturated carbocycles. The van der Waals surface area contributed by atoms with Crippen molar-refractivity contribution >= 4 is 28.0 Å². The smallest absolute Gasteiger partial charge is 0.346 e. The van der Waals surface area contributed by atoms with Gasteiger partial charge in [0.1, 0.15) is 0 Å². The number of carbonyl (C=O) groups excluding carboxylic acids is 2. The zero-order chi connectivity index (χ0) is 22.1. The molecule has 2 rings (SSSR count). The van der Waals surface area contributed by atoms with E-state index in [4.69, 9.17) is 0 Å². The average molecular weight is 429 g/mol. The van der Waals surface area contributed by atoms with Crippen LogP contribution in [0.4, 0.5) is 0 Å². The molecule has 0 fully saturated rings. The maximum Gasteiger partial charge on any atom is 0.346 e. The standard InChI is InChI=1S/C22H23NO6S/c1-17-11-13-19(14-12-17)30(26,27)23(15-7-10-18-8-5-4-6-9-18)16-20(21(24)28-2)22(25)29-3/h4-14,16H,15H2,1-3H3/b10-7-. The fourth-order valence-corrected chi connectivity index (χ4v) is 3.75. The Labute approximate surface area is 176 Å². The van der Waals surface area contributed by atoms with Gasteiger partial charge >= 0.3 is 11.9 Å². The summed E-state index contributed by atoms with van der Waals surface area (Å²) in [7, 11) is -1.88. The van der Waals surface area contributed by atoms with Crippen LogP contribution in [0, 0.1) is 6.92 Å². The van der Waals surface area contributed by atoms with E-state index in [2.05, 4.69) is 9.47 Å². The van der Waals surface area contributed by atoms with Crippen molar-refractivity contribution in [1.29, 1.82) is 0 Å². The van der Waals surface area contributed by atoms with E-state index >= 15 is 0 Å². The van der Waals surface area contributed by atoms with Crippen LogP contribution in [-0.4, -0.2) is 45.4 Å². The lowest BCUT2D eigenvalue weighted by molar-refractivity contribution is -0.144. The minimum absolute atomic E-state index is 0.0199.